The number of benzene rings is 2. The smallest absolute Gasteiger partial charge is 0.341 e. The Morgan fingerprint density at radius 3 is 2.53 bits per heavy atom. The van der Waals surface area contributed by atoms with E-state index in [1.54, 1.807) is 4.90 Å². The standard InChI is InChI=1S/C24H27N5O3/c1-2-12-28-13-14-29(23(31)21-25-24(32)27-26-21)16-19(22(28)30)15-18-10-6-7-11-20(18)17-8-4-3-5-9-17/h3-11,19H,2,12-16H2,1H3,(H2,25,26,27,32). The van der Waals surface area contributed by atoms with Crippen molar-refractivity contribution >= 4 is 11.8 Å². The Balaban J connectivity index is 1.64. The normalized spacial score (nSPS) is 16.8. The number of aromatic amines is 2. The molecule has 1 aliphatic heterocycles. The molecule has 1 unspecified atom stereocenters. The van der Waals surface area contributed by atoms with Crippen LogP contribution >= 0.6 is 0 Å². The van der Waals surface area contributed by atoms with Gasteiger partial charge >= 0.3 is 5.69 Å². The zero-order chi connectivity index (χ0) is 22.5. The Hall–Kier alpha value is -3.68. The van der Waals surface area contributed by atoms with Crippen LogP contribution in [0.25, 0.3) is 11.1 Å². The fourth-order valence-electron chi connectivity index (χ4n) is 4.26. The molecule has 0 saturated carbocycles. The summed E-state index contributed by atoms with van der Waals surface area (Å²) in [6.07, 6.45) is 1.37. The van der Waals surface area contributed by atoms with E-state index in [9.17, 15) is 14.4 Å². The third-order valence-electron chi connectivity index (χ3n) is 5.79. The van der Waals surface area contributed by atoms with Crippen molar-refractivity contribution in [3.63, 3.8) is 0 Å². The summed E-state index contributed by atoms with van der Waals surface area (Å²) < 4.78 is 0. The molecule has 0 bridgehead atoms. The summed E-state index contributed by atoms with van der Waals surface area (Å²) in [6.45, 7) is 3.82. The Bertz CT molecular complexity index is 1140. The molecule has 1 aliphatic rings. The number of hydrogen-bond donors (Lipinski definition) is 2. The Labute approximate surface area is 186 Å². The molecule has 2 heterocycles. The summed E-state index contributed by atoms with van der Waals surface area (Å²) in [6, 6.07) is 18.2. The minimum atomic E-state index is -0.528. The molecule has 4 rings (SSSR count). The van der Waals surface area contributed by atoms with Gasteiger partial charge in [-0.2, -0.15) is 0 Å². The molecule has 8 nitrogen and oxygen atoms in total. The van der Waals surface area contributed by atoms with Gasteiger partial charge in [0, 0.05) is 26.2 Å². The van der Waals surface area contributed by atoms with E-state index >= 15 is 0 Å². The van der Waals surface area contributed by atoms with Crippen molar-refractivity contribution in [3.8, 4) is 11.1 Å². The van der Waals surface area contributed by atoms with Gasteiger partial charge in [0.1, 0.15) is 0 Å². The number of carbonyl (C=O) groups is 2. The van der Waals surface area contributed by atoms with Gasteiger partial charge in [0.25, 0.3) is 5.91 Å². The van der Waals surface area contributed by atoms with E-state index in [0.29, 0.717) is 26.1 Å². The summed E-state index contributed by atoms with van der Waals surface area (Å²) in [4.78, 5) is 43.7. The first kappa shape index (κ1) is 21.5. The maximum Gasteiger partial charge on any atom is 0.341 e. The van der Waals surface area contributed by atoms with Crippen LogP contribution < -0.4 is 5.69 Å². The molecule has 0 spiro atoms. The average Bonchev–Trinajstić information content (AvgIpc) is 3.20. The van der Waals surface area contributed by atoms with Crippen LogP contribution in [-0.4, -0.2) is 63.0 Å². The number of amides is 2. The van der Waals surface area contributed by atoms with Gasteiger partial charge < -0.3 is 9.80 Å². The zero-order valence-corrected chi connectivity index (χ0v) is 18.1. The predicted molar refractivity (Wildman–Crippen MR) is 121 cm³/mol. The van der Waals surface area contributed by atoms with E-state index in [1.807, 2.05) is 48.2 Å². The van der Waals surface area contributed by atoms with Crippen molar-refractivity contribution < 1.29 is 9.59 Å². The number of nitrogens with zero attached hydrogens (tertiary/aromatic N) is 3. The minimum absolute atomic E-state index is 0.0326. The second-order valence-electron chi connectivity index (χ2n) is 8.03. The van der Waals surface area contributed by atoms with Crippen LogP contribution in [0.5, 0.6) is 0 Å². The molecular weight excluding hydrogens is 406 g/mol. The number of rotatable bonds is 6. The Kier molecular flexibility index (Phi) is 6.49. The lowest BCUT2D eigenvalue weighted by molar-refractivity contribution is -0.134. The number of H-pyrrole nitrogens is 2. The summed E-state index contributed by atoms with van der Waals surface area (Å²) in [7, 11) is 0. The predicted octanol–water partition coefficient (Wildman–Crippen LogP) is 2.32. The van der Waals surface area contributed by atoms with Gasteiger partial charge in [0.05, 0.1) is 5.92 Å². The van der Waals surface area contributed by atoms with E-state index in [1.165, 1.54) is 0 Å². The highest BCUT2D eigenvalue weighted by Crippen LogP contribution is 2.27. The first-order chi connectivity index (χ1) is 15.6. The van der Waals surface area contributed by atoms with Crippen molar-refractivity contribution in [2.75, 3.05) is 26.2 Å². The monoisotopic (exact) mass is 433 g/mol. The molecule has 1 aromatic heterocycles. The maximum atomic E-state index is 13.4. The lowest BCUT2D eigenvalue weighted by Gasteiger charge is -2.24. The molecule has 2 aromatic carbocycles. The lowest BCUT2D eigenvalue weighted by Crippen LogP contribution is -2.38. The highest BCUT2D eigenvalue weighted by molar-refractivity contribution is 5.91. The second-order valence-corrected chi connectivity index (χ2v) is 8.03. The van der Waals surface area contributed by atoms with Crippen LogP contribution in [0.2, 0.25) is 0 Å². The first-order valence-corrected chi connectivity index (χ1v) is 10.9. The van der Waals surface area contributed by atoms with E-state index in [0.717, 1.165) is 23.1 Å². The van der Waals surface area contributed by atoms with Crippen LogP contribution in [0.4, 0.5) is 0 Å². The highest BCUT2D eigenvalue weighted by Gasteiger charge is 2.33. The van der Waals surface area contributed by atoms with Crippen molar-refractivity contribution in [2.24, 2.45) is 5.92 Å². The number of carbonyl (C=O) groups excluding carboxylic acids is 2. The van der Waals surface area contributed by atoms with Crippen LogP contribution in [-0.2, 0) is 11.2 Å². The number of hydrogen-bond acceptors (Lipinski definition) is 4. The van der Waals surface area contributed by atoms with E-state index in [-0.39, 0.29) is 30.1 Å². The number of aromatic nitrogens is 3. The van der Waals surface area contributed by atoms with Crippen molar-refractivity contribution in [1.29, 1.82) is 0 Å². The van der Waals surface area contributed by atoms with Gasteiger partial charge in [-0.05, 0) is 29.5 Å². The molecule has 32 heavy (non-hydrogen) atoms. The van der Waals surface area contributed by atoms with Crippen molar-refractivity contribution in [1.82, 2.24) is 25.0 Å². The molecule has 2 N–H and O–H groups in total. The van der Waals surface area contributed by atoms with E-state index in [2.05, 4.69) is 33.4 Å². The zero-order valence-electron chi connectivity index (χ0n) is 18.1. The molecule has 166 valence electrons. The van der Waals surface area contributed by atoms with Crippen LogP contribution in [0.15, 0.2) is 59.4 Å². The van der Waals surface area contributed by atoms with Gasteiger partial charge in [-0.3, -0.25) is 14.6 Å². The van der Waals surface area contributed by atoms with Crippen LogP contribution in [0, 0.1) is 5.92 Å². The van der Waals surface area contributed by atoms with Crippen LogP contribution in [0.1, 0.15) is 29.5 Å². The van der Waals surface area contributed by atoms with E-state index < -0.39 is 5.69 Å². The van der Waals surface area contributed by atoms with Gasteiger partial charge in [0.2, 0.25) is 11.7 Å². The molecule has 1 atom stereocenters. The van der Waals surface area contributed by atoms with Gasteiger partial charge in [-0.15, -0.1) is 5.10 Å². The molecule has 1 fully saturated rings. The minimum Gasteiger partial charge on any atom is -0.341 e. The van der Waals surface area contributed by atoms with Crippen LogP contribution in [0.3, 0.4) is 0 Å². The Morgan fingerprint density at radius 2 is 1.81 bits per heavy atom. The second kappa shape index (κ2) is 9.64. The topological polar surface area (TPSA) is 102 Å². The highest BCUT2D eigenvalue weighted by atomic mass is 16.2. The van der Waals surface area contributed by atoms with Gasteiger partial charge in [-0.1, -0.05) is 61.5 Å². The lowest BCUT2D eigenvalue weighted by atomic mass is 9.91. The molecule has 0 aliphatic carbocycles. The summed E-state index contributed by atoms with van der Waals surface area (Å²) in [5.41, 5.74) is 2.72. The quantitative estimate of drug-likeness (QED) is 0.623. The summed E-state index contributed by atoms with van der Waals surface area (Å²) >= 11 is 0. The molecule has 0 radical (unpaired) electrons. The fourth-order valence-corrected chi connectivity index (χ4v) is 4.26. The first-order valence-electron chi connectivity index (χ1n) is 10.9. The summed E-state index contributed by atoms with van der Waals surface area (Å²) in [5.74, 6) is -0.741. The molecule has 2 amide bonds. The Morgan fingerprint density at radius 1 is 1.06 bits per heavy atom. The molecule has 3 aromatic rings. The largest absolute Gasteiger partial charge is 0.341 e. The maximum absolute atomic E-state index is 13.4. The molecular formula is C24H27N5O3. The van der Waals surface area contributed by atoms with Crippen molar-refractivity contribution in [2.45, 2.75) is 19.8 Å². The average molecular weight is 434 g/mol. The van der Waals surface area contributed by atoms with Crippen molar-refractivity contribution in [3.05, 3.63) is 76.5 Å². The third-order valence-corrected chi connectivity index (χ3v) is 5.79. The third kappa shape index (κ3) is 4.64. The SMILES string of the molecule is CCCN1CCN(C(=O)c2n[nH]c(=O)[nH]2)CC(Cc2ccccc2-c2ccccc2)C1=O. The van der Waals surface area contributed by atoms with Gasteiger partial charge in [0.15, 0.2) is 0 Å². The van der Waals surface area contributed by atoms with Gasteiger partial charge in [-0.25, -0.2) is 9.89 Å². The van der Waals surface area contributed by atoms with E-state index in [4.69, 9.17) is 0 Å². The fraction of sp³-hybridized carbons (Fsp3) is 0.333. The summed E-state index contributed by atoms with van der Waals surface area (Å²) in [5, 5.41) is 6.01. The number of nitrogens with one attached hydrogen (secondary N) is 2. The molecule has 8 heteroatoms. The molecule has 1 saturated heterocycles.